The summed E-state index contributed by atoms with van der Waals surface area (Å²) in [5.74, 6) is 0.615. The lowest BCUT2D eigenvalue weighted by molar-refractivity contribution is 0.195. The molecule has 1 saturated carbocycles. The summed E-state index contributed by atoms with van der Waals surface area (Å²) in [5.41, 5.74) is 1.26. The van der Waals surface area contributed by atoms with Gasteiger partial charge in [0.2, 0.25) is 0 Å². The average molecular weight is 276 g/mol. The highest BCUT2D eigenvalue weighted by molar-refractivity contribution is 5.22. The van der Waals surface area contributed by atoms with Gasteiger partial charge in [0, 0.05) is 12.1 Å². The Morgan fingerprint density at radius 3 is 2.35 bits per heavy atom. The predicted molar refractivity (Wildman–Crippen MR) is 80.1 cm³/mol. The van der Waals surface area contributed by atoms with Gasteiger partial charge in [-0.25, -0.2) is 4.39 Å². The molecule has 1 aromatic rings. The summed E-state index contributed by atoms with van der Waals surface area (Å²) in [6, 6.07) is 8.12. The first-order chi connectivity index (χ1) is 9.76. The molecule has 0 aromatic heterocycles. The number of rotatable bonds is 5. The maximum absolute atomic E-state index is 13.1. The average Bonchev–Trinajstić information content (AvgIpc) is 3.31. The Kier molecular flexibility index (Phi) is 4.37. The normalized spacial score (nSPS) is 22.9. The van der Waals surface area contributed by atoms with Gasteiger partial charge in [0.15, 0.2) is 0 Å². The Morgan fingerprint density at radius 1 is 1.15 bits per heavy atom. The van der Waals surface area contributed by atoms with Gasteiger partial charge < -0.3 is 10.2 Å². The van der Waals surface area contributed by atoms with Crippen LogP contribution in [-0.2, 0) is 0 Å². The summed E-state index contributed by atoms with van der Waals surface area (Å²) in [4.78, 5) is 2.52. The van der Waals surface area contributed by atoms with Crippen LogP contribution in [0.3, 0.4) is 0 Å². The molecular weight excluding hydrogens is 251 g/mol. The molecule has 1 N–H and O–H groups in total. The molecule has 2 aliphatic rings. The van der Waals surface area contributed by atoms with Crippen LogP contribution in [0.5, 0.6) is 0 Å². The Hall–Kier alpha value is -0.930. The SMILES string of the molecule is CCN1CCC(NC(c2ccc(F)cc2)C2CC2)CC1. The van der Waals surface area contributed by atoms with Crippen molar-refractivity contribution in [2.75, 3.05) is 19.6 Å². The highest BCUT2D eigenvalue weighted by Crippen LogP contribution is 2.41. The van der Waals surface area contributed by atoms with Crippen LogP contribution in [0.4, 0.5) is 4.39 Å². The summed E-state index contributed by atoms with van der Waals surface area (Å²) < 4.78 is 13.1. The first-order valence-corrected chi connectivity index (χ1v) is 8.00. The van der Waals surface area contributed by atoms with E-state index in [-0.39, 0.29) is 5.82 Å². The van der Waals surface area contributed by atoms with Gasteiger partial charge >= 0.3 is 0 Å². The number of halogens is 1. The number of nitrogens with zero attached hydrogens (tertiary/aromatic N) is 1. The fraction of sp³-hybridized carbons (Fsp3) is 0.647. The van der Waals surface area contributed by atoms with Gasteiger partial charge in [-0.15, -0.1) is 0 Å². The fourth-order valence-electron chi connectivity index (χ4n) is 3.27. The van der Waals surface area contributed by atoms with E-state index in [4.69, 9.17) is 0 Å². The summed E-state index contributed by atoms with van der Waals surface area (Å²) in [6.07, 6.45) is 5.09. The molecule has 1 aliphatic carbocycles. The molecule has 1 atom stereocenters. The fourth-order valence-corrected chi connectivity index (χ4v) is 3.27. The minimum Gasteiger partial charge on any atom is -0.307 e. The zero-order valence-electron chi connectivity index (χ0n) is 12.3. The van der Waals surface area contributed by atoms with Crippen LogP contribution in [0.2, 0.25) is 0 Å². The highest BCUT2D eigenvalue weighted by Gasteiger charge is 2.34. The van der Waals surface area contributed by atoms with Crippen LogP contribution in [0.25, 0.3) is 0 Å². The van der Waals surface area contributed by atoms with Crippen molar-refractivity contribution >= 4 is 0 Å². The van der Waals surface area contributed by atoms with E-state index < -0.39 is 0 Å². The standard InChI is InChI=1S/C17H25FN2/c1-2-20-11-9-16(10-12-20)19-17(13-3-4-13)14-5-7-15(18)8-6-14/h5-8,13,16-17,19H,2-4,9-12H2,1H3. The first-order valence-electron chi connectivity index (χ1n) is 8.00. The van der Waals surface area contributed by atoms with E-state index in [1.165, 1.54) is 44.3 Å². The number of benzene rings is 1. The van der Waals surface area contributed by atoms with Gasteiger partial charge in [0.25, 0.3) is 0 Å². The number of nitrogens with one attached hydrogen (secondary N) is 1. The van der Waals surface area contributed by atoms with E-state index >= 15 is 0 Å². The Bertz CT molecular complexity index is 419. The molecule has 2 nitrogen and oxygen atoms in total. The van der Waals surface area contributed by atoms with Crippen LogP contribution in [0.1, 0.15) is 44.2 Å². The second-order valence-corrected chi connectivity index (χ2v) is 6.24. The third-order valence-electron chi connectivity index (χ3n) is 4.77. The van der Waals surface area contributed by atoms with Crippen LogP contribution in [0.15, 0.2) is 24.3 Å². The van der Waals surface area contributed by atoms with E-state index in [1.54, 1.807) is 12.1 Å². The molecule has 0 bridgehead atoms. The van der Waals surface area contributed by atoms with E-state index in [2.05, 4.69) is 17.1 Å². The van der Waals surface area contributed by atoms with E-state index in [0.29, 0.717) is 12.1 Å². The van der Waals surface area contributed by atoms with Crippen LogP contribution in [-0.4, -0.2) is 30.6 Å². The number of hydrogen-bond donors (Lipinski definition) is 1. The molecule has 0 amide bonds. The first kappa shape index (κ1) is 14.0. The molecule has 1 saturated heterocycles. The Balaban J connectivity index is 1.62. The van der Waals surface area contributed by atoms with E-state index in [9.17, 15) is 4.39 Å². The maximum atomic E-state index is 13.1. The second kappa shape index (κ2) is 6.23. The molecule has 0 spiro atoms. The van der Waals surface area contributed by atoms with Gasteiger partial charge in [-0.1, -0.05) is 19.1 Å². The van der Waals surface area contributed by atoms with Crippen molar-refractivity contribution in [1.82, 2.24) is 10.2 Å². The van der Waals surface area contributed by atoms with Crippen molar-refractivity contribution < 1.29 is 4.39 Å². The number of piperidine rings is 1. The number of likely N-dealkylation sites (tertiary alicyclic amines) is 1. The summed E-state index contributed by atoms with van der Waals surface area (Å²) in [6.45, 7) is 5.81. The van der Waals surface area contributed by atoms with Gasteiger partial charge in [0.05, 0.1) is 0 Å². The molecule has 0 radical (unpaired) electrons. The third-order valence-corrected chi connectivity index (χ3v) is 4.77. The predicted octanol–water partition coefficient (Wildman–Crippen LogP) is 3.35. The van der Waals surface area contributed by atoms with Crippen molar-refractivity contribution in [2.24, 2.45) is 5.92 Å². The maximum Gasteiger partial charge on any atom is 0.123 e. The van der Waals surface area contributed by atoms with Gasteiger partial charge in [0.1, 0.15) is 5.82 Å². The summed E-state index contributed by atoms with van der Waals surface area (Å²) in [7, 11) is 0. The molecule has 1 unspecified atom stereocenters. The third kappa shape index (κ3) is 3.39. The molecule has 110 valence electrons. The molecule has 2 fully saturated rings. The zero-order chi connectivity index (χ0) is 13.9. The molecule has 1 aliphatic heterocycles. The lowest BCUT2D eigenvalue weighted by Gasteiger charge is -2.34. The molecule has 1 heterocycles. The minimum atomic E-state index is -0.139. The monoisotopic (exact) mass is 276 g/mol. The quantitative estimate of drug-likeness (QED) is 0.887. The van der Waals surface area contributed by atoms with Gasteiger partial charge in [-0.3, -0.25) is 0 Å². The van der Waals surface area contributed by atoms with Gasteiger partial charge in [-0.2, -0.15) is 0 Å². The Labute approximate surface area is 121 Å². The summed E-state index contributed by atoms with van der Waals surface area (Å²) >= 11 is 0. The Morgan fingerprint density at radius 2 is 1.80 bits per heavy atom. The smallest absolute Gasteiger partial charge is 0.123 e. The van der Waals surface area contributed by atoms with Crippen molar-refractivity contribution in [3.63, 3.8) is 0 Å². The van der Waals surface area contributed by atoms with Crippen molar-refractivity contribution in [3.05, 3.63) is 35.6 Å². The van der Waals surface area contributed by atoms with Crippen LogP contribution >= 0.6 is 0 Å². The van der Waals surface area contributed by atoms with Crippen molar-refractivity contribution in [2.45, 2.75) is 44.7 Å². The molecule has 3 rings (SSSR count). The lowest BCUT2D eigenvalue weighted by Crippen LogP contribution is -2.44. The molecule has 1 aromatic carbocycles. The zero-order valence-corrected chi connectivity index (χ0v) is 12.3. The largest absolute Gasteiger partial charge is 0.307 e. The van der Waals surface area contributed by atoms with E-state index in [1.807, 2.05) is 12.1 Å². The van der Waals surface area contributed by atoms with E-state index in [0.717, 1.165) is 12.5 Å². The second-order valence-electron chi connectivity index (χ2n) is 6.24. The summed E-state index contributed by atoms with van der Waals surface area (Å²) in [5, 5.41) is 3.85. The molecule has 3 heteroatoms. The van der Waals surface area contributed by atoms with Crippen LogP contribution < -0.4 is 5.32 Å². The molecular formula is C17H25FN2. The van der Waals surface area contributed by atoms with Crippen molar-refractivity contribution in [3.8, 4) is 0 Å². The topological polar surface area (TPSA) is 15.3 Å². The minimum absolute atomic E-state index is 0.139. The number of hydrogen-bond acceptors (Lipinski definition) is 2. The van der Waals surface area contributed by atoms with Crippen molar-refractivity contribution in [1.29, 1.82) is 0 Å². The van der Waals surface area contributed by atoms with Crippen LogP contribution in [0, 0.1) is 11.7 Å². The highest BCUT2D eigenvalue weighted by atomic mass is 19.1. The van der Waals surface area contributed by atoms with Gasteiger partial charge in [-0.05, 0) is 68.9 Å². The molecule has 20 heavy (non-hydrogen) atoms. The lowest BCUT2D eigenvalue weighted by atomic mass is 9.98.